The van der Waals surface area contributed by atoms with Gasteiger partial charge in [0.25, 0.3) is 0 Å². The maximum atomic E-state index is 11.3. The molecule has 0 atom stereocenters. The number of aromatic nitrogens is 5. The number of halogens is 1. The lowest BCUT2D eigenvalue weighted by Crippen LogP contribution is -2.09. The number of benzene rings is 2. The summed E-state index contributed by atoms with van der Waals surface area (Å²) in [6.07, 6.45) is 1.49. The molecule has 142 valence electrons. The zero-order chi connectivity index (χ0) is 19.3. The van der Waals surface area contributed by atoms with E-state index in [1.54, 1.807) is 10.7 Å². The van der Waals surface area contributed by atoms with Crippen molar-refractivity contribution in [3.8, 4) is 5.75 Å². The van der Waals surface area contributed by atoms with Crippen molar-refractivity contribution >= 4 is 22.5 Å². The maximum Gasteiger partial charge on any atom is 0.248 e. The highest BCUT2D eigenvalue weighted by Crippen LogP contribution is 2.18. The third-order valence-electron chi connectivity index (χ3n) is 4.36. The third-order valence-corrected chi connectivity index (χ3v) is 4.61. The van der Waals surface area contributed by atoms with E-state index in [0.29, 0.717) is 24.6 Å². The molecule has 0 bridgehead atoms. The summed E-state index contributed by atoms with van der Waals surface area (Å²) in [5, 5.41) is 13.6. The number of nitrogens with one attached hydrogen (secondary N) is 1. The molecule has 1 N–H and O–H groups in total. The van der Waals surface area contributed by atoms with Crippen molar-refractivity contribution in [3.05, 3.63) is 81.4 Å². The quantitative estimate of drug-likeness (QED) is 0.485. The molecule has 2 aromatic carbocycles. The Balaban J connectivity index is 1.32. The smallest absolute Gasteiger partial charge is 0.248 e. The van der Waals surface area contributed by atoms with Gasteiger partial charge in [-0.1, -0.05) is 23.7 Å². The Morgan fingerprint density at radius 3 is 2.79 bits per heavy atom. The average molecular weight is 396 g/mol. The molecule has 0 saturated carbocycles. The van der Waals surface area contributed by atoms with E-state index >= 15 is 0 Å². The van der Waals surface area contributed by atoms with Crippen molar-refractivity contribution in [2.75, 3.05) is 6.61 Å². The van der Waals surface area contributed by atoms with Gasteiger partial charge in [0.05, 0.1) is 13.2 Å². The predicted octanol–water partition coefficient (Wildman–Crippen LogP) is 3.23. The van der Waals surface area contributed by atoms with Gasteiger partial charge in [0.2, 0.25) is 5.56 Å². The first kappa shape index (κ1) is 18.2. The number of aromatic amines is 1. The Labute approximate surface area is 165 Å². The van der Waals surface area contributed by atoms with Crippen LogP contribution in [-0.4, -0.2) is 31.8 Å². The number of tetrazole rings is 1. The van der Waals surface area contributed by atoms with E-state index in [0.717, 1.165) is 34.5 Å². The van der Waals surface area contributed by atoms with Crippen LogP contribution in [0.2, 0.25) is 5.02 Å². The number of pyridine rings is 1. The molecule has 0 aliphatic carbocycles. The minimum Gasteiger partial charge on any atom is -0.494 e. The molecule has 0 unspecified atom stereocenters. The van der Waals surface area contributed by atoms with Crippen molar-refractivity contribution in [3.63, 3.8) is 0 Å². The Morgan fingerprint density at radius 1 is 1.07 bits per heavy atom. The molecule has 4 rings (SSSR count). The monoisotopic (exact) mass is 395 g/mol. The Hall–Kier alpha value is -3.19. The molecular formula is C20H18ClN5O2. The molecule has 0 fully saturated rings. The summed E-state index contributed by atoms with van der Waals surface area (Å²) >= 11 is 5.92. The van der Waals surface area contributed by atoms with E-state index in [-0.39, 0.29) is 5.56 Å². The summed E-state index contributed by atoms with van der Waals surface area (Å²) in [6, 6.07) is 16.5. The van der Waals surface area contributed by atoms with Crippen LogP contribution in [0.1, 0.15) is 17.8 Å². The summed E-state index contributed by atoms with van der Waals surface area (Å²) in [5.74, 6) is 1.58. The van der Waals surface area contributed by atoms with Crippen molar-refractivity contribution < 1.29 is 4.74 Å². The maximum absolute atomic E-state index is 11.3. The van der Waals surface area contributed by atoms with Crippen LogP contribution in [0.3, 0.4) is 0 Å². The fourth-order valence-corrected chi connectivity index (χ4v) is 3.06. The molecule has 0 aliphatic heterocycles. The van der Waals surface area contributed by atoms with Gasteiger partial charge in [-0.15, -0.1) is 5.10 Å². The lowest BCUT2D eigenvalue weighted by molar-refractivity contribution is 0.309. The molecule has 0 saturated heterocycles. The van der Waals surface area contributed by atoms with Gasteiger partial charge >= 0.3 is 0 Å². The zero-order valence-corrected chi connectivity index (χ0v) is 15.8. The molecule has 0 aliphatic rings. The lowest BCUT2D eigenvalue weighted by atomic mass is 10.2. The van der Waals surface area contributed by atoms with Gasteiger partial charge in [-0.25, -0.2) is 4.68 Å². The standard InChI is InChI=1S/C20H18ClN5O2/c21-16-6-3-14(4-7-16)13-26-19(23-24-25-26)2-1-11-28-17-8-9-18-15(12-17)5-10-20(27)22-18/h3-10,12H,1-2,11,13H2,(H,22,27). The van der Waals surface area contributed by atoms with Gasteiger partial charge in [0.1, 0.15) is 5.75 Å². The second-order valence-electron chi connectivity index (χ2n) is 6.40. The van der Waals surface area contributed by atoms with Crippen LogP contribution in [0.15, 0.2) is 59.4 Å². The van der Waals surface area contributed by atoms with Crippen LogP contribution >= 0.6 is 11.6 Å². The van der Waals surface area contributed by atoms with E-state index in [1.807, 2.05) is 42.5 Å². The predicted molar refractivity (Wildman–Crippen MR) is 107 cm³/mol. The molecule has 0 radical (unpaired) electrons. The topological polar surface area (TPSA) is 85.7 Å². The van der Waals surface area contributed by atoms with Gasteiger partial charge in [-0.3, -0.25) is 4.79 Å². The highest BCUT2D eigenvalue weighted by Gasteiger charge is 2.07. The molecule has 8 heteroatoms. The number of aryl methyl sites for hydroxylation is 1. The van der Waals surface area contributed by atoms with Gasteiger partial charge in [0, 0.05) is 28.4 Å². The summed E-state index contributed by atoms with van der Waals surface area (Å²) in [5.41, 5.74) is 1.77. The fourth-order valence-electron chi connectivity index (χ4n) is 2.93. The number of hydrogen-bond donors (Lipinski definition) is 1. The number of H-pyrrole nitrogens is 1. The minimum atomic E-state index is -0.113. The number of fused-ring (bicyclic) bond motifs is 1. The Kier molecular flexibility index (Phi) is 5.34. The lowest BCUT2D eigenvalue weighted by Gasteiger charge is -2.08. The highest BCUT2D eigenvalue weighted by atomic mass is 35.5. The highest BCUT2D eigenvalue weighted by molar-refractivity contribution is 6.30. The molecule has 2 aromatic heterocycles. The summed E-state index contributed by atoms with van der Waals surface area (Å²) in [7, 11) is 0. The molecule has 0 amide bonds. The van der Waals surface area contributed by atoms with Crippen LogP contribution in [0.4, 0.5) is 0 Å². The van der Waals surface area contributed by atoms with Crippen molar-refractivity contribution in [2.45, 2.75) is 19.4 Å². The second kappa shape index (κ2) is 8.22. The van der Waals surface area contributed by atoms with E-state index < -0.39 is 0 Å². The Morgan fingerprint density at radius 2 is 1.93 bits per heavy atom. The van der Waals surface area contributed by atoms with Crippen molar-refractivity contribution in [1.29, 1.82) is 0 Å². The zero-order valence-electron chi connectivity index (χ0n) is 15.0. The van der Waals surface area contributed by atoms with Gasteiger partial charge in [0.15, 0.2) is 5.82 Å². The molecule has 7 nitrogen and oxygen atoms in total. The largest absolute Gasteiger partial charge is 0.494 e. The van der Waals surface area contributed by atoms with Crippen LogP contribution in [0.25, 0.3) is 10.9 Å². The number of ether oxygens (including phenoxy) is 1. The second-order valence-corrected chi connectivity index (χ2v) is 6.84. The van der Waals surface area contributed by atoms with Gasteiger partial charge in [-0.05, 0) is 58.8 Å². The third kappa shape index (κ3) is 4.37. The molecule has 28 heavy (non-hydrogen) atoms. The minimum absolute atomic E-state index is 0.113. The Bertz CT molecular complexity index is 1140. The van der Waals surface area contributed by atoms with Crippen molar-refractivity contribution in [1.82, 2.24) is 25.2 Å². The first-order chi connectivity index (χ1) is 13.7. The molecule has 4 aromatic rings. The molecular weight excluding hydrogens is 378 g/mol. The van der Waals surface area contributed by atoms with Gasteiger partial charge < -0.3 is 9.72 Å². The van der Waals surface area contributed by atoms with E-state index in [2.05, 4.69) is 20.5 Å². The van der Waals surface area contributed by atoms with E-state index in [4.69, 9.17) is 16.3 Å². The molecule has 2 heterocycles. The number of nitrogens with zero attached hydrogens (tertiary/aromatic N) is 4. The van der Waals surface area contributed by atoms with Crippen LogP contribution in [-0.2, 0) is 13.0 Å². The van der Waals surface area contributed by atoms with E-state index in [9.17, 15) is 4.79 Å². The number of rotatable bonds is 7. The summed E-state index contributed by atoms with van der Waals surface area (Å²) in [4.78, 5) is 14.1. The van der Waals surface area contributed by atoms with Crippen LogP contribution in [0, 0.1) is 0 Å². The normalized spacial score (nSPS) is 11.0. The van der Waals surface area contributed by atoms with Gasteiger partial charge in [-0.2, -0.15) is 0 Å². The summed E-state index contributed by atoms with van der Waals surface area (Å²) in [6.45, 7) is 1.14. The molecule has 0 spiro atoms. The van der Waals surface area contributed by atoms with Crippen molar-refractivity contribution in [2.24, 2.45) is 0 Å². The summed E-state index contributed by atoms with van der Waals surface area (Å²) < 4.78 is 7.62. The van der Waals surface area contributed by atoms with Crippen LogP contribution < -0.4 is 10.3 Å². The van der Waals surface area contributed by atoms with Crippen LogP contribution in [0.5, 0.6) is 5.75 Å². The SMILES string of the molecule is O=c1ccc2cc(OCCCc3nnnn3Cc3ccc(Cl)cc3)ccc2[nH]1. The number of hydrogen-bond acceptors (Lipinski definition) is 5. The fraction of sp³-hybridized carbons (Fsp3) is 0.200. The first-order valence-electron chi connectivity index (χ1n) is 8.93. The average Bonchev–Trinajstić information content (AvgIpc) is 3.14. The van der Waals surface area contributed by atoms with E-state index in [1.165, 1.54) is 6.07 Å². The first-order valence-corrected chi connectivity index (χ1v) is 9.30.